The van der Waals surface area contributed by atoms with Gasteiger partial charge in [0.25, 0.3) is 0 Å². The Balaban J connectivity index is 1.75. The lowest BCUT2D eigenvalue weighted by molar-refractivity contribution is 0.580. The van der Waals surface area contributed by atoms with Crippen molar-refractivity contribution in [3.05, 3.63) is 71.3 Å². The first-order valence-electron chi connectivity index (χ1n) is 8.50. The third-order valence-corrected chi connectivity index (χ3v) is 5.26. The molecule has 0 aliphatic rings. The Morgan fingerprint density at radius 1 is 0.962 bits per heavy atom. The van der Waals surface area contributed by atoms with E-state index in [0.717, 1.165) is 5.56 Å². The van der Waals surface area contributed by atoms with Crippen LogP contribution in [0.25, 0.3) is 0 Å². The molecule has 0 bridgehead atoms. The quantitative estimate of drug-likeness (QED) is 0.486. The molecule has 0 fully saturated rings. The van der Waals surface area contributed by atoms with E-state index in [2.05, 4.69) is 33.3 Å². The first-order valence-corrected chi connectivity index (χ1v) is 10.2. The summed E-state index contributed by atoms with van der Waals surface area (Å²) < 4.78 is 26.8. The van der Waals surface area contributed by atoms with Crippen LogP contribution in [-0.4, -0.2) is 33.7 Å². The molecule has 0 saturated heterocycles. The fourth-order valence-electron chi connectivity index (χ4n) is 2.37. The molecular formula is C19H26N4O2S. The van der Waals surface area contributed by atoms with Gasteiger partial charge in [0.15, 0.2) is 5.96 Å². The van der Waals surface area contributed by atoms with Crippen LogP contribution in [0.3, 0.4) is 0 Å². The molecule has 0 saturated carbocycles. The number of aliphatic imine (C=N–C) groups is 1. The van der Waals surface area contributed by atoms with E-state index >= 15 is 0 Å². The Morgan fingerprint density at radius 3 is 2.35 bits per heavy atom. The van der Waals surface area contributed by atoms with Crippen molar-refractivity contribution >= 4 is 16.0 Å². The first-order chi connectivity index (χ1) is 12.5. The fraction of sp³-hybridized carbons (Fsp3) is 0.316. The Morgan fingerprint density at radius 2 is 1.65 bits per heavy atom. The Kier molecular flexibility index (Phi) is 7.62. The summed E-state index contributed by atoms with van der Waals surface area (Å²) in [6.07, 6.45) is 0. The molecule has 0 aliphatic heterocycles. The molecule has 0 spiro atoms. The van der Waals surface area contributed by atoms with E-state index in [1.165, 1.54) is 11.1 Å². The summed E-state index contributed by atoms with van der Waals surface area (Å²) in [5.41, 5.74) is 3.30. The van der Waals surface area contributed by atoms with Gasteiger partial charge in [-0.1, -0.05) is 54.6 Å². The van der Waals surface area contributed by atoms with Crippen LogP contribution in [-0.2, 0) is 23.1 Å². The summed E-state index contributed by atoms with van der Waals surface area (Å²) in [4.78, 5) is 4.13. The van der Waals surface area contributed by atoms with Crippen LogP contribution in [0.15, 0.2) is 59.6 Å². The van der Waals surface area contributed by atoms with Crippen molar-refractivity contribution in [3.8, 4) is 0 Å². The molecule has 0 aromatic heterocycles. The predicted molar refractivity (Wildman–Crippen MR) is 106 cm³/mol. The van der Waals surface area contributed by atoms with Gasteiger partial charge in [-0.05, 0) is 23.6 Å². The van der Waals surface area contributed by atoms with Crippen LogP contribution in [0.1, 0.15) is 16.7 Å². The third-order valence-electron chi connectivity index (χ3n) is 3.93. The van der Waals surface area contributed by atoms with Crippen molar-refractivity contribution in [2.45, 2.75) is 20.0 Å². The fourth-order valence-corrected chi connectivity index (χ4v) is 3.27. The molecule has 6 nitrogen and oxygen atoms in total. The summed E-state index contributed by atoms with van der Waals surface area (Å²) >= 11 is 0. The number of hydrogen-bond donors (Lipinski definition) is 3. The molecule has 2 aromatic carbocycles. The standard InChI is InChI=1S/C19H26N4O2S/c1-16-8-6-7-11-18(16)15-22-19(20-2)21-12-13-26(24,25)23-14-17-9-4-3-5-10-17/h3-11,23H,12-15H2,1-2H3,(H2,20,21,22). The van der Waals surface area contributed by atoms with Gasteiger partial charge in [-0.15, -0.1) is 0 Å². The smallest absolute Gasteiger partial charge is 0.213 e. The lowest BCUT2D eigenvalue weighted by atomic mass is 10.1. The van der Waals surface area contributed by atoms with Crippen LogP contribution in [0.5, 0.6) is 0 Å². The summed E-state index contributed by atoms with van der Waals surface area (Å²) in [7, 11) is -1.69. The van der Waals surface area contributed by atoms with Crippen LogP contribution in [0, 0.1) is 6.92 Å². The lowest BCUT2D eigenvalue weighted by Gasteiger charge is -2.13. The highest BCUT2D eigenvalue weighted by Gasteiger charge is 2.10. The van der Waals surface area contributed by atoms with E-state index < -0.39 is 10.0 Å². The first kappa shape index (κ1) is 19.9. The minimum atomic E-state index is -3.35. The number of nitrogens with one attached hydrogen (secondary N) is 3. The molecule has 3 N–H and O–H groups in total. The molecule has 7 heteroatoms. The Bertz CT molecular complexity index is 820. The largest absolute Gasteiger partial charge is 0.355 e. The summed E-state index contributed by atoms with van der Waals surface area (Å²) in [5, 5.41) is 6.23. The third kappa shape index (κ3) is 6.85. The van der Waals surface area contributed by atoms with Gasteiger partial charge in [-0.3, -0.25) is 4.99 Å². The zero-order valence-electron chi connectivity index (χ0n) is 15.2. The zero-order valence-corrected chi connectivity index (χ0v) is 16.0. The second-order valence-corrected chi connectivity index (χ2v) is 7.83. The van der Waals surface area contributed by atoms with E-state index in [-0.39, 0.29) is 12.3 Å². The van der Waals surface area contributed by atoms with Crippen molar-refractivity contribution in [2.75, 3.05) is 19.3 Å². The number of hydrogen-bond acceptors (Lipinski definition) is 3. The van der Waals surface area contributed by atoms with Crippen molar-refractivity contribution < 1.29 is 8.42 Å². The van der Waals surface area contributed by atoms with Gasteiger partial charge >= 0.3 is 0 Å². The highest BCUT2D eigenvalue weighted by atomic mass is 32.2. The molecule has 2 rings (SSSR count). The molecule has 0 radical (unpaired) electrons. The average Bonchev–Trinajstić information content (AvgIpc) is 2.65. The van der Waals surface area contributed by atoms with Crippen molar-refractivity contribution in [1.82, 2.24) is 15.4 Å². The minimum Gasteiger partial charge on any atom is -0.355 e. The van der Waals surface area contributed by atoms with Crippen LogP contribution < -0.4 is 15.4 Å². The van der Waals surface area contributed by atoms with E-state index in [1.807, 2.05) is 48.5 Å². The summed E-state index contributed by atoms with van der Waals surface area (Å²) in [6, 6.07) is 17.5. The van der Waals surface area contributed by atoms with Crippen molar-refractivity contribution in [1.29, 1.82) is 0 Å². The number of nitrogens with zero attached hydrogens (tertiary/aromatic N) is 1. The molecule has 26 heavy (non-hydrogen) atoms. The maximum atomic E-state index is 12.1. The van der Waals surface area contributed by atoms with Gasteiger partial charge in [0.1, 0.15) is 0 Å². The number of benzene rings is 2. The second-order valence-electron chi connectivity index (χ2n) is 5.90. The topological polar surface area (TPSA) is 82.6 Å². The van der Waals surface area contributed by atoms with Gasteiger partial charge in [0.05, 0.1) is 5.75 Å². The molecule has 0 amide bonds. The van der Waals surface area contributed by atoms with Gasteiger partial charge in [0, 0.05) is 26.7 Å². The number of guanidine groups is 1. The Labute approximate surface area is 155 Å². The number of sulfonamides is 1. The number of aryl methyl sites for hydroxylation is 1. The normalized spacial score (nSPS) is 12.0. The van der Waals surface area contributed by atoms with Crippen LogP contribution in [0.2, 0.25) is 0 Å². The van der Waals surface area contributed by atoms with Crippen molar-refractivity contribution in [2.24, 2.45) is 4.99 Å². The van der Waals surface area contributed by atoms with Crippen LogP contribution >= 0.6 is 0 Å². The maximum Gasteiger partial charge on any atom is 0.213 e. The van der Waals surface area contributed by atoms with Crippen LogP contribution in [0.4, 0.5) is 0 Å². The summed E-state index contributed by atoms with van der Waals surface area (Å²) in [5.74, 6) is 0.553. The van der Waals surface area contributed by atoms with E-state index in [4.69, 9.17) is 0 Å². The maximum absolute atomic E-state index is 12.1. The number of rotatable bonds is 8. The lowest BCUT2D eigenvalue weighted by Crippen LogP contribution is -2.40. The van der Waals surface area contributed by atoms with E-state index in [9.17, 15) is 8.42 Å². The highest BCUT2D eigenvalue weighted by molar-refractivity contribution is 7.89. The van der Waals surface area contributed by atoms with Gasteiger partial charge in [-0.25, -0.2) is 13.1 Å². The highest BCUT2D eigenvalue weighted by Crippen LogP contribution is 2.05. The minimum absolute atomic E-state index is 0.0229. The predicted octanol–water partition coefficient (Wildman–Crippen LogP) is 1.78. The van der Waals surface area contributed by atoms with E-state index in [0.29, 0.717) is 19.0 Å². The van der Waals surface area contributed by atoms with Gasteiger partial charge in [0.2, 0.25) is 10.0 Å². The summed E-state index contributed by atoms with van der Waals surface area (Å²) in [6.45, 7) is 3.25. The van der Waals surface area contributed by atoms with Crippen molar-refractivity contribution in [3.63, 3.8) is 0 Å². The zero-order chi connectivity index (χ0) is 18.8. The molecule has 140 valence electrons. The monoisotopic (exact) mass is 374 g/mol. The van der Waals surface area contributed by atoms with Gasteiger partial charge in [-0.2, -0.15) is 0 Å². The molecule has 0 aliphatic carbocycles. The molecular weight excluding hydrogens is 348 g/mol. The second kappa shape index (κ2) is 9.94. The van der Waals surface area contributed by atoms with E-state index in [1.54, 1.807) is 7.05 Å². The average molecular weight is 375 g/mol. The Hall–Kier alpha value is -2.38. The molecule has 2 aromatic rings. The molecule has 0 atom stereocenters. The van der Waals surface area contributed by atoms with Gasteiger partial charge < -0.3 is 10.6 Å². The molecule has 0 heterocycles. The molecule has 0 unspecified atom stereocenters. The SMILES string of the molecule is CN=C(NCCS(=O)(=O)NCc1ccccc1)NCc1ccccc1C.